The molecule has 0 aliphatic carbocycles. The lowest BCUT2D eigenvalue weighted by molar-refractivity contribution is -0.119. The van der Waals surface area contributed by atoms with Gasteiger partial charge in [-0.05, 0) is 11.6 Å². The monoisotopic (exact) mass is 187 g/mol. The normalized spacial score (nSPS) is 13.6. The third-order valence-corrected chi connectivity index (χ3v) is 1.04. The van der Waals surface area contributed by atoms with Crippen molar-refractivity contribution in [2.45, 2.75) is 0 Å². The van der Waals surface area contributed by atoms with Crippen LogP contribution in [0.2, 0.25) is 0 Å². The van der Waals surface area contributed by atoms with Gasteiger partial charge in [0.2, 0.25) is 5.24 Å². The zero-order valence-electron chi connectivity index (χ0n) is 5.11. The molecule has 0 saturated heterocycles. The van der Waals surface area contributed by atoms with E-state index in [9.17, 15) is 9.00 Å². The van der Waals surface area contributed by atoms with E-state index in [2.05, 4.69) is 4.28 Å². The van der Waals surface area contributed by atoms with Crippen molar-refractivity contribution < 1.29 is 17.8 Å². The molecule has 0 bridgehead atoms. The summed E-state index contributed by atoms with van der Waals surface area (Å²) in [4.78, 5) is 10.1. The Morgan fingerprint density at radius 1 is 1.90 bits per heavy atom. The number of hydrogen-bond acceptors (Lipinski definition) is 4. The van der Waals surface area contributed by atoms with Crippen LogP contribution in [0.25, 0.3) is 0 Å². The van der Waals surface area contributed by atoms with E-state index >= 15 is 0 Å². The SMILES string of the molecule is CN(CC(=O)Cl)OS(=O)O. The summed E-state index contributed by atoms with van der Waals surface area (Å²) >= 11 is 2.52. The minimum Gasteiger partial charge on any atom is -0.283 e. The highest BCUT2D eigenvalue weighted by Crippen LogP contribution is 1.90. The van der Waals surface area contributed by atoms with Crippen LogP contribution in [0.15, 0.2) is 0 Å². The molecule has 0 aromatic heterocycles. The smallest absolute Gasteiger partial charge is 0.283 e. The molecule has 5 nitrogen and oxygen atoms in total. The van der Waals surface area contributed by atoms with Crippen LogP contribution in [0.4, 0.5) is 0 Å². The molecule has 0 heterocycles. The summed E-state index contributed by atoms with van der Waals surface area (Å²) in [6.45, 7) is -0.228. The lowest BCUT2D eigenvalue weighted by Gasteiger charge is -2.08. The summed E-state index contributed by atoms with van der Waals surface area (Å²) in [6, 6.07) is 0. The lowest BCUT2D eigenvalue weighted by Crippen LogP contribution is -2.24. The molecule has 0 aliphatic rings. The van der Waals surface area contributed by atoms with Gasteiger partial charge in [-0.2, -0.15) is 13.6 Å². The van der Waals surface area contributed by atoms with Gasteiger partial charge in [0.15, 0.2) is 0 Å². The lowest BCUT2D eigenvalue weighted by atomic mass is 10.7. The third-order valence-electron chi connectivity index (χ3n) is 0.538. The summed E-state index contributed by atoms with van der Waals surface area (Å²) < 4.78 is 22.1. The van der Waals surface area contributed by atoms with Crippen LogP contribution in [0.3, 0.4) is 0 Å². The molecule has 1 unspecified atom stereocenters. The minimum atomic E-state index is -2.40. The van der Waals surface area contributed by atoms with Crippen LogP contribution >= 0.6 is 11.6 Å². The minimum absolute atomic E-state index is 0.228. The predicted molar refractivity (Wildman–Crippen MR) is 35.3 cm³/mol. The molecule has 0 saturated carbocycles. The zero-order chi connectivity index (χ0) is 8.15. The van der Waals surface area contributed by atoms with Gasteiger partial charge in [-0.3, -0.25) is 9.35 Å². The molecule has 60 valence electrons. The van der Waals surface area contributed by atoms with Crippen LogP contribution in [-0.2, 0) is 20.4 Å². The molecular weight excluding hydrogens is 182 g/mol. The van der Waals surface area contributed by atoms with Crippen LogP contribution in [0.5, 0.6) is 0 Å². The molecule has 0 aromatic rings. The first-order valence-electron chi connectivity index (χ1n) is 2.21. The number of hydroxylamine groups is 2. The molecule has 0 aliphatic heterocycles. The van der Waals surface area contributed by atoms with Crippen molar-refractivity contribution in [1.29, 1.82) is 0 Å². The number of likely N-dealkylation sites (N-methyl/N-ethyl adjacent to an activating group) is 1. The van der Waals surface area contributed by atoms with E-state index in [4.69, 9.17) is 16.2 Å². The molecule has 0 radical (unpaired) electrons. The van der Waals surface area contributed by atoms with E-state index in [1.165, 1.54) is 7.05 Å². The zero-order valence-corrected chi connectivity index (χ0v) is 6.68. The summed E-state index contributed by atoms with van der Waals surface area (Å²) in [5, 5.41) is 0.207. The molecule has 0 amide bonds. The fourth-order valence-corrected chi connectivity index (χ4v) is 0.749. The summed E-state index contributed by atoms with van der Waals surface area (Å²) in [5.41, 5.74) is 0. The van der Waals surface area contributed by atoms with Crippen molar-refractivity contribution in [3.05, 3.63) is 0 Å². The van der Waals surface area contributed by atoms with Crippen molar-refractivity contribution in [2.24, 2.45) is 0 Å². The van der Waals surface area contributed by atoms with E-state index in [-0.39, 0.29) is 6.54 Å². The molecule has 0 fully saturated rings. The number of carbonyl (C=O) groups excluding carboxylic acids is 1. The van der Waals surface area contributed by atoms with Gasteiger partial charge in [0.25, 0.3) is 0 Å². The Hall–Kier alpha value is -0.0100. The van der Waals surface area contributed by atoms with E-state index in [0.29, 0.717) is 0 Å². The Morgan fingerprint density at radius 2 is 2.40 bits per heavy atom. The van der Waals surface area contributed by atoms with E-state index in [0.717, 1.165) is 5.06 Å². The van der Waals surface area contributed by atoms with Crippen molar-refractivity contribution in [3.8, 4) is 0 Å². The molecule has 1 N–H and O–H groups in total. The molecule has 0 rings (SSSR count). The van der Waals surface area contributed by atoms with Crippen LogP contribution in [-0.4, -0.2) is 32.7 Å². The number of halogens is 1. The summed E-state index contributed by atoms with van der Waals surface area (Å²) in [6.07, 6.45) is 0. The van der Waals surface area contributed by atoms with Crippen molar-refractivity contribution >= 4 is 28.2 Å². The maximum atomic E-state index is 10.1. The molecule has 0 aromatic carbocycles. The second-order valence-corrected chi connectivity index (χ2v) is 2.44. The van der Waals surface area contributed by atoms with Gasteiger partial charge < -0.3 is 0 Å². The highest BCUT2D eigenvalue weighted by molar-refractivity contribution is 7.74. The molecule has 1 atom stereocenters. The average Bonchev–Trinajstić information content (AvgIpc) is 1.58. The third kappa shape index (κ3) is 6.12. The van der Waals surface area contributed by atoms with Crippen LogP contribution < -0.4 is 0 Å². The van der Waals surface area contributed by atoms with E-state index in [1.807, 2.05) is 0 Å². The number of rotatable bonds is 4. The number of carbonyl (C=O) groups is 1. The molecular formula is C3H6ClNO4S. The molecule has 0 spiro atoms. The average molecular weight is 188 g/mol. The van der Waals surface area contributed by atoms with Crippen molar-refractivity contribution in [1.82, 2.24) is 5.06 Å². The Bertz CT molecular complexity index is 135. The van der Waals surface area contributed by atoms with Crippen molar-refractivity contribution in [2.75, 3.05) is 13.6 Å². The first-order chi connectivity index (χ1) is 4.52. The highest BCUT2D eigenvalue weighted by Gasteiger charge is 2.05. The van der Waals surface area contributed by atoms with Gasteiger partial charge in [-0.1, -0.05) is 0 Å². The van der Waals surface area contributed by atoms with Gasteiger partial charge in [0, 0.05) is 7.05 Å². The Labute approximate surface area is 65.3 Å². The van der Waals surface area contributed by atoms with Crippen LogP contribution in [0.1, 0.15) is 0 Å². The Morgan fingerprint density at radius 3 is 2.70 bits per heavy atom. The largest absolute Gasteiger partial charge is 0.319 e. The molecule has 7 heteroatoms. The van der Waals surface area contributed by atoms with E-state index in [1.54, 1.807) is 0 Å². The maximum absolute atomic E-state index is 10.1. The fraction of sp³-hybridized carbons (Fsp3) is 0.667. The first-order valence-corrected chi connectivity index (χ1v) is 3.62. The first kappa shape index (κ1) is 9.99. The topological polar surface area (TPSA) is 66.8 Å². The standard InChI is InChI=1S/C3H6ClNO4S/c1-5(2-3(4)6)9-10(7)8/h2H2,1H3,(H,7,8). The summed E-state index contributed by atoms with van der Waals surface area (Å²) in [7, 11) is 1.31. The van der Waals surface area contributed by atoms with Crippen molar-refractivity contribution in [3.63, 3.8) is 0 Å². The van der Waals surface area contributed by atoms with Crippen LogP contribution in [0, 0.1) is 0 Å². The number of hydrogen-bond donors (Lipinski definition) is 1. The second-order valence-electron chi connectivity index (χ2n) is 1.43. The second kappa shape index (κ2) is 4.75. The van der Waals surface area contributed by atoms with Gasteiger partial charge in [0.05, 0.1) is 6.54 Å². The highest BCUT2D eigenvalue weighted by atomic mass is 35.5. The van der Waals surface area contributed by atoms with Gasteiger partial charge >= 0.3 is 11.4 Å². The number of nitrogens with zero attached hydrogens (tertiary/aromatic N) is 1. The Kier molecular flexibility index (Phi) is 4.75. The molecule has 10 heavy (non-hydrogen) atoms. The summed E-state index contributed by atoms with van der Waals surface area (Å²) in [5.74, 6) is 0. The maximum Gasteiger partial charge on any atom is 0.319 e. The Balaban J connectivity index is 3.53. The fourth-order valence-electron chi connectivity index (χ4n) is 0.310. The van der Waals surface area contributed by atoms with Gasteiger partial charge in [-0.15, -0.1) is 0 Å². The van der Waals surface area contributed by atoms with Gasteiger partial charge in [-0.25, -0.2) is 0 Å². The predicted octanol–water partition coefficient (Wildman–Crippen LogP) is -0.248. The van der Waals surface area contributed by atoms with E-state index < -0.39 is 16.6 Å². The quantitative estimate of drug-likeness (QED) is 0.374. The van der Waals surface area contributed by atoms with Gasteiger partial charge in [0.1, 0.15) is 0 Å².